The van der Waals surface area contributed by atoms with Crippen LogP contribution in [0.25, 0.3) is 0 Å². The van der Waals surface area contributed by atoms with E-state index in [0.717, 1.165) is 23.1 Å². The zero-order valence-corrected chi connectivity index (χ0v) is 19.0. The van der Waals surface area contributed by atoms with E-state index in [1.54, 1.807) is 20.3 Å². The van der Waals surface area contributed by atoms with Crippen LogP contribution in [0.3, 0.4) is 0 Å². The number of carbonyl (C=O) groups excluding carboxylic acids is 2. The molecule has 1 aliphatic heterocycles. The van der Waals surface area contributed by atoms with Gasteiger partial charge in [0.2, 0.25) is 5.91 Å². The van der Waals surface area contributed by atoms with Crippen molar-refractivity contribution in [3.05, 3.63) is 58.7 Å². The van der Waals surface area contributed by atoms with Crippen molar-refractivity contribution >= 4 is 11.8 Å². The van der Waals surface area contributed by atoms with E-state index in [-0.39, 0.29) is 17.7 Å². The smallest absolute Gasteiger partial charge is 0.252 e. The van der Waals surface area contributed by atoms with Gasteiger partial charge < -0.3 is 19.7 Å². The van der Waals surface area contributed by atoms with Crippen LogP contribution in [-0.2, 0) is 17.8 Å². The molecule has 166 valence electrons. The molecule has 0 saturated carbocycles. The molecule has 6 nitrogen and oxygen atoms in total. The van der Waals surface area contributed by atoms with Crippen LogP contribution in [0, 0.1) is 12.8 Å². The molecule has 0 saturated heterocycles. The monoisotopic (exact) mass is 424 g/mol. The second-order valence-corrected chi connectivity index (χ2v) is 8.46. The Balaban J connectivity index is 1.79. The van der Waals surface area contributed by atoms with E-state index in [4.69, 9.17) is 9.47 Å². The molecule has 0 aromatic heterocycles. The molecule has 0 bridgehead atoms. The maximum atomic E-state index is 13.4. The highest BCUT2D eigenvalue weighted by Gasteiger charge is 2.30. The highest BCUT2D eigenvalue weighted by atomic mass is 16.5. The predicted octanol–water partition coefficient (Wildman–Crippen LogP) is 3.74. The summed E-state index contributed by atoms with van der Waals surface area (Å²) in [6.45, 7) is 7.11. The molecule has 1 heterocycles. The molecule has 6 heteroatoms. The lowest BCUT2D eigenvalue weighted by molar-refractivity contribution is -0.134. The van der Waals surface area contributed by atoms with Gasteiger partial charge in [-0.2, -0.15) is 0 Å². The van der Waals surface area contributed by atoms with E-state index in [0.29, 0.717) is 36.6 Å². The number of aryl methyl sites for hydroxylation is 1. The van der Waals surface area contributed by atoms with E-state index in [1.165, 1.54) is 0 Å². The van der Waals surface area contributed by atoms with Gasteiger partial charge in [0.1, 0.15) is 6.04 Å². The van der Waals surface area contributed by atoms with Crippen LogP contribution < -0.4 is 14.8 Å². The molecule has 1 unspecified atom stereocenters. The zero-order chi connectivity index (χ0) is 22.5. The Morgan fingerprint density at radius 3 is 2.32 bits per heavy atom. The Labute approximate surface area is 184 Å². The molecule has 0 aliphatic carbocycles. The molecule has 1 aliphatic rings. The minimum atomic E-state index is -0.561. The number of hydrogen-bond acceptors (Lipinski definition) is 4. The van der Waals surface area contributed by atoms with Crippen molar-refractivity contribution in [2.45, 2.75) is 46.2 Å². The number of methoxy groups -OCH3 is 2. The van der Waals surface area contributed by atoms with E-state index in [2.05, 4.69) is 19.2 Å². The quantitative estimate of drug-likeness (QED) is 0.735. The second kappa shape index (κ2) is 9.86. The van der Waals surface area contributed by atoms with Crippen LogP contribution in [0.15, 0.2) is 36.4 Å². The molecular weight excluding hydrogens is 392 g/mol. The van der Waals surface area contributed by atoms with Crippen molar-refractivity contribution in [2.24, 2.45) is 5.92 Å². The summed E-state index contributed by atoms with van der Waals surface area (Å²) in [5, 5.41) is 2.99. The summed E-state index contributed by atoms with van der Waals surface area (Å²) in [6.07, 6.45) is 1.33. The van der Waals surface area contributed by atoms with Gasteiger partial charge in [-0.25, -0.2) is 0 Å². The molecule has 0 fully saturated rings. The summed E-state index contributed by atoms with van der Waals surface area (Å²) in [7, 11) is 3.23. The molecule has 3 rings (SSSR count). The molecule has 1 atom stereocenters. The lowest BCUT2D eigenvalue weighted by Gasteiger charge is -2.33. The van der Waals surface area contributed by atoms with Crippen LogP contribution in [-0.4, -0.2) is 43.5 Å². The summed E-state index contributed by atoms with van der Waals surface area (Å²) in [4.78, 5) is 28.1. The minimum Gasteiger partial charge on any atom is -0.493 e. The molecular formula is C25H32N2O4. The first-order valence-electron chi connectivity index (χ1n) is 10.7. The Morgan fingerprint density at radius 2 is 1.71 bits per heavy atom. The molecule has 2 aromatic carbocycles. The lowest BCUT2D eigenvalue weighted by Crippen LogP contribution is -2.50. The van der Waals surface area contributed by atoms with Crippen LogP contribution in [0.2, 0.25) is 0 Å². The number of ether oxygens (including phenoxy) is 2. The fourth-order valence-electron chi connectivity index (χ4n) is 4.05. The van der Waals surface area contributed by atoms with Crippen LogP contribution in [0.4, 0.5) is 0 Å². The standard InChI is InChI=1S/C25H32N2O4/c1-16(2)12-21(26-24(28)20-9-7-6-8-17(20)3)25(29)27-11-10-18-13-22(30-4)23(31-5)14-19(18)15-27/h6-9,13-14,16,21H,10-12,15H2,1-5H3,(H,26,28). The number of fused-ring (bicyclic) bond motifs is 1. The molecule has 2 amide bonds. The summed E-state index contributed by atoms with van der Waals surface area (Å²) >= 11 is 0. The van der Waals surface area contributed by atoms with Gasteiger partial charge in [-0.05, 0) is 60.6 Å². The van der Waals surface area contributed by atoms with Crippen LogP contribution in [0.1, 0.15) is 47.3 Å². The van der Waals surface area contributed by atoms with E-state index < -0.39 is 6.04 Å². The van der Waals surface area contributed by atoms with E-state index in [9.17, 15) is 9.59 Å². The van der Waals surface area contributed by atoms with E-state index in [1.807, 2.05) is 42.2 Å². The normalized spacial score (nSPS) is 14.1. The van der Waals surface area contributed by atoms with Gasteiger partial charge >= 0.3 is 0 Å². The predicted molar refractivity (Wildman–Crippen MR) is 121 cm³/mol. The average Bonchev–Trinajstić information content (AvgIpc) is 2.76. The van der Waals surface area contributed by atoms with Gasteiger partial charge in [-0.3, -0.25) is 9.59 Å². The fraction of sp³-hybridized carbons (Fsp3) is 0.440. The third kappa shape index (κ3) is 5.19. The largest absolute Gasteiger partial charge is 0.493 e. The first kappa shape index (κ1) is 22.7. The number of hydrogen-bond donors (Lipinski definition) is 1. The van der Waals surface area contributed by atoms with Gasteiger partial charge in [0.15, 0.2) is 11.5 Å². The van der Waals surface area contributed by atoms with Gasteiger partial charge in [-0.15, -0.1) is 0 Å². The number of carbonyl (C=O) groups is 2. The first-order chi connectivity index (χ1) is 14.8. The summed E-state index contributed by atoms with van der Waals surface area (Å²) in [5.74, 6) is 1.37. The van der Waals surface area contributed by atoms with E-state index >= 15 is 0 Å². The minimum absolute atomic E-state index is 0.0453. The summed E-state index contributed by atoms with van der Waals surface area (Å²) in [5.41, 5.74) is 3.70. The zero-order valence-electron chi connectivity index (χ0n) is 19.0. The molecule has 31 heavy (non-hydrogen) atoms. The van der Waals surface area contributed by atoms with Crippen molar-refractivity contribution in [3.8, 4) is 11.5 Å². The number of rotatable bonds is 7. The average molecular weight is 425 g/mol. The lowest BCUT2D eigenvalue weighted by atomic mass is 9.96. The number of benzene rings is 2. The van der Waals surface area contributed by atoms with Crippen LogP contribution in [0.5, 0.6) is 11.5 Å². The highest BCUT2D eigenvalue weighted by molar-refractivity contribution is 5.98. The Morgan fingerprint density at radius 1 is 1.06 bits per heavy atom. The van der Waals surface area contributed by atoms with Gasteiger partial charge in [0, 0.05) is 18.7 Å². The Bertz CT molecular complexity index is 955. The third-order valence-electron chi connectivity index (χ3n) is 5.73. The highest BCUT2D eigenvalue weighted by Crippen LogP contribution is 2.33. The first-order valence-corrected chi connectivity index (χ1v) is 10.7. The molecule has 2 aromatic rings. The van der Waals surface area contributed by atoms with Crippen molar-refractivity contribution < 1.29 is 19.1 Å². The van der Waals surface area contributed by atoms with Crippen molar-refractivity contribution in [3.63, 3.8) is 0 Å². The number of nitrogens with one attached hydrogen (secondary N) is 1. The fourth-order valence-corrected chi connectivity index (χ4v) is 4.05. The topological polar surface area (TPSA) is 67.9 Å². The maximum Gasteiger partial charge on any atom is 0.252 e. The summed E-state index contributed by atoms with van der Waals surface area (Å²) in [6, 6.07) is 10.8. The Kier molecular flexibility index (Phi) is 7.21. The summed E-state index contributed by atoms with van der Waals surface area (Å²) < 4.78 is 10.8. The maximum absolute atomic E-state index is 13.4. The van der Waals surface area contributed by atoms with Crippen molar-refractivity contribution in [1.82, 2.24) is 10.2 Å². The van der Waals surface area contributed by atoms with Crippen LogP contribution >= 0.6 is 0 Å². The molecule has 1 N–H and O–H groups in total. The van der Waals surface area contributed by atoms with Gasteiger partial charge in [-0.1, -0.05) is 32.0 Å². The third-order valence-corrected chi connectivity index (χ3v) is 5.73. The molecule has 0 radical (unpaired) electrons. The Hall–Kier alpha value is -3.02. The van der Waals surface area contributed by atoms with Crippen molar-refractivity contribution in [2.75, 3.05) is 20.8 Å². The number of nitrogens with zero attached hydrogens (tertiary/aromatic N) is 1. The van der Waals surface area contributed by atoms with Gasteiger partial charge in [0.05, 0.1) is 14.2 Å². The SMILES string of the molecule is COc1cc2c(cc1OC)CN(C(=O)C(CC(C)C)NC(=O)c1ccccc1C)CC2. The molecule has 0 spiro atoms. The second-order valence-electron chi connectivity index (χ2n) is 8.46. The van der Waals surface area contributed by atoms with Crippen molar-refractivity contribution in [1.29, 1.82) is 0 Å². The number of amides is 2. The van der Waals surface area contributed by atoms with Gasteiger partial charge in [0.25, 0.3) is 5.91 Å².